The molecule has 1 heterocycles. The van der Waals surface area contributed by atoms with Crippen molar-refractivity contribution in [1.29, 1.82) is 0 Å². The number of allylic oxidation sites excluding steroid dienone is 1. The first-order valence-electron chi connectivity index (χ1n) is 8.85. The van der Waals surface area contributed by atoms with E-state index in [0.717, 1.165) is 17.6 Å². The van der Waals surface area contributed by atoms with E-state index >= 15 is 0 Å². The van der Waals surface area contributed by atoms with Crippen molar-refractivity contribution in [2.45, 2.75) is 6.42 Å². The van der Waals surface area contributed by atoms with E-state index in [0.29, 0.717) is 34.3 Å². The Hall–Kier alpha value is -3.54. The predicted octanol–water partition coefficient (Wildman–Crippen LogP) is 3.65. The number of imidazole rings is 1. The van der Waals surface area contributed by atoms with Crippen LogP contribution in [0.25, 0.3) is 5.57 Å². The van der Waals surface area contributed by atoms with Crippen LogP contribution >= 0.6 is 0 Å². The summed E-state index contributed by atoms with van der Waals surface area (Å²) >= 11 is 0. The van der Waals surface area contributed by atoms with E-state index in [9.17, 15) is 4.79 Å². The quantitative estimate of drug-likeness (QED) is 0.665. The summed E-state index contributed by atoms with van der Waals surface area (Å²) < 4.78 is 16.0. The van der Waals surface area contributed by atoms with Gasteiger partial charge in [-0.25, -0.2) is 4.98 Å². The number of H-pyrrole nitrogens is 1. The Bertz CT molecular complexity index is 1060. The summed E-state index contributed by atoms with van der Waals surface area (Å²) in [6.45, 7) is 0. The molecule has 0 fully saturated rings. The van der Waals surface area contributed by atoms with Gasteiger partial charge in [0.1, 0.15) is 11.5 Å². The number of aromatic amines is 1. The topological polar surface area (TPSA) is 73.4 Å². The summed E-state index contributed by atoms with van der Waals surface area (Å²) in [7, 11) is 4.56. The fourth-order valence-electron chi connectivity index (χ4n) is 3.44. The average Bonchev–Trinajstić information content (AvgIpc) is 3.38. The number of aromatic nitrogens is 2. The number of benzene rings is 2. The molecule has 0 unspecified atom stereocenters. The van der Waals surface area contributed by atoms with Crippen molar-refractivity contribution in [3.8, 4) is 17.2 Å². The number of nitrogens with one attached hydrogen (secondary N) is 1. The summed E-state index contributed by atoms with van der Waals surface area (Å²) in [6.07, 6.45) is 4.61. The van der Waals surface area contributed by atoms with Gasteiger partial charge in [0, 0.05) is 17.3 Å². The van der Waals surface area contributed by atoms with Crippen LogP contribution in [0.15, 0.2) is 48.7 Å². The monoisotopic (exact) mass is 376 g/mol. The van der Waals surface area contributed by atoms with Gasteiger partial charge in [-0.05, 0) is 29.7 Å². The van der Waals surface area contributed by atoms with Crippen LogP contribution in [0.5, 0.6) is 17.2 Å². The van der Waals surface area contributed by atoms with Crippen molar-refractivity contribution < 1.29 is 19.0 Å². The van der Waals surface area contributed by atoms with Crippen molar-refractivity contribution in [2.75, 3.05) is 21.3 Å². The highest BCUT2D eigenvalue weighted by atomic mass is 16.5. The smallest absolute Gasteiger partial charge is 0.213 e. The third-order valence-electron chi connectivity index (χ3n) is 4.83. The molecular weight excluding hydrogens is 356 g/mol. The standard InChI is InChI=1S/C22H20N2O4/c1-26-18-10-14(11-19(27-2)21(18)28-3)20(25)17-12-23-22(24-17)16-9-8-13-6-4-5-7-15(13)16/h4-7,9-12H,8H2,1-3H3,(H,23,24). The first-order chi connectivity index (χ1) is 13.7. The average molecular weight is 376 g/mol. The molecule has 0 spiro atoms. The van der Waals surface area contributed by atoms with Crippen LogP contribution in [0, 0.1) is 0 Å². The number of ether oxygens (including phenoxy) is 3. The van der Waals surface area contributed by atoms with E-state index in [2.05, 4.69) is 28.2 Å². The lowest BCUT2D eigenvalue weighted by Gasteiger charge is -2.13. The van der Waals surface area contributed by atoms with Crippen LogP contribution in [-0.2, 0) is 6.42 Å². The lowest BCUT2D eigenvalue weighted by Crippen LogP contribution is -2.04. The lowest BCUT2D eigenvalue weighted by atomic mass is 10.1. The molecule has 1 aliphatic carbocycles. The van der Waals surface area contributed by atoms with E-state index in [1.807, 2.05) is 12.1 Å². The Balaban J connectivity index is 1.68. The summed E-state index contributed by atoms with van der Waals surface area (Å²) in [6, 6.07) is 11.4. The van der Waals surface area contributed by atoms with Gasteiger partial charge in [-0.2, -0.15) is 0 Å². The van der Waals surface area contributed by atoms with E-state index in [4.69, 9.17) is 14.2 Å². The first kappa shape index (κ1) is 17.9. The number of hydrogen-bond donors (Lipinski definition) is 1. The van der Waals surface area contributed by atoms with Gasteiger partial charge < -0.3 is 19.2 Å². The molecule has 142 valence electrons. The fourth-order valence-corrected chi connectivity index (χ4v) is 3.44. The van der Waals surface area contributed by atoms with Gasteiger partial charge in [-0.3, -0.25) is 4.79 Å². The second-order valence-corrected chi connectivity index (χ2v) is 6.36. The Morgan fingerprint density at radius 3 is 2.43 bits per heavy atom. The Morgan fingerprint density at radius 2 is 1.75 bits per heavy atom. The zero-order chi connectivity index (χ0) is 19.7. The number of ketones is 1. The van der Waals surface area contributed by atoms with Crippen molar-refractivity contribution in [1.82, 2.24) is 9.97 Å². The number of rotatable bonds is 6. The first-order valence-corrected chi connectivity index (χ1v) is 8.85. The van der Waals surface area contributed by atoms with Crippen LogP contribution in [-0.4, -0.2) is 37.1 Å². The molecule has 0 saturated carbocycles. The van der Waals surface area contributed by atoms with Gasteiger partial charge in [-0.15, -0.1) is 0 Å². The van der Waals surface area contributed by atoms with E-state index in [1.165, 1.54) is 26.9 Å². The SMILES string of the molecule is COc1cc(C(=O)c2c[nH]c(C3=CCc4ccccc43)n2)cc(OC)c1OC. The molecule has 1 aliphatic rings. The van der Waals surface area contributed by atoms with Crippen LogP contribution in [0.1, 0.15) is 33.0 Å². The lowest BCUT2D eigenvalue weighted by molar-refractivity contribution is 0.103. The van der Waals surface area contributed by atoms with Crippen molar-refractivity contribution in [2.24, 2.45) is 0 Å². The highest BCUT2D eigenvalue weighted by Crippen LogP contribution is 2.38. The number of carbonyl (C=O) groups is 1. The minimum atomic E-state index is -0.228. The predicted molar refractivity (Wildman–Crippen MR) is 105 cm³/mol. The Labute approximate surface area is 162 Å². The zero-order valence-corrected chi connectivity index (χ0v) is 15.9. The molecule has 0 aliphatic heterocycles. The minimum absolute atomic E-state index is 0.228. The van der Waals surface area contributed by atoms with E-state index in [-0.39, 0.29) is 5.78 Å². The molecule has 0 atom stereocenters. The molecular formula is C22H20N2O4. The molecule has 0 saturated heterocycles. The summed E-state index contributed by atoms with van der Waals surface area (Å²) in [5, 5.41) is 0. The number of fused-ring (bicyclic) bond motifs is 1. The van der Waals surface area contributed by atoms with Gasteiger partial charge in [0.15, 0.2) is 11.5 Å². The second kappa shape index (κ2) is 7.23. The normalized spacial score (nSPS) is 12.3. The summed E-state index contributed by atoms with van der Waals surface area (Å²) in [5.41, 5.74) is 4.15. The van der Waals surface area contributed by atoms with Crippen LogP contribution in [0.2, 0.25) is 0 Å². The summed E-state index contributed by atoms with van der Waals surface area (Å²) in [4.78, 5) is 20.7. The molecule has 3 aromatic rings. The number of carbonyl (C=O) groups excluding carboxylic acids is 1. The zero-order valence-electron chi connectivity index (χ0n) is 15.9. The molecule has 1 N–H and O–H groups in total. The largest absolute Gasteiger partial charge is 0.493 e. The van der Waals surface area contributed by atoms with E-state index in [1.54, 1.807) is 18.3 Å². The third-order valence-corrected chi connectivity index (χ3v) is 4.83. The van der Waals surface area contributed by atoms with Crippen LogP contribution < -0.4 is 14.2 Å². The molecule has 6 nitrogen and oxygen atoms in total. The maximum atomic E-state index is 13.0. The molecule has 6 heteroatoms. The van der Waals surface area contributed by atoms with Crippen molar-refractivity contribution in [3.05, 3.63) is 76.9 Å². The third kappa shape index (κ3) is 2.93. The molecule has 0 radical (unpaired) electrons. The fraction of sp³-hybridized carbons (Fsp3) is 0.182. The highest BCUT2D eigenvalue weighted by Gasteiger charge is 2.22. The van der Waals surface area contributed by atoms with Crippen LogP contribution in [0.4, 0.5) is 0 Å². The van der Waals surface area contributed by atoms with Crippen molar-refractivity contribution >= 4 is 11.4 Å². The number of hydrogen-bond acceptors (Lipinski definition) is 5. The van der Waals surface area contributed by atoms with E-state index < -0.39 is 0 Å². The Morgan fingerprint density at radius 1 is 1.04 bits per heavy atom. The minimum Gasteiger partial charge on any atom is -0.493 e. The van der Waals surface area contributed by atoms with Gasteiger partial charge >= 0.3 is 0 Å². The maximum absolute atomic E-state index is 13.0. The second-order valence-electron chi connectivity index (χ2n) is 6.36. The molecule has 4 rings (SSSR count). The number of nitrogens with zero attached hydrogens (tertiary/aromatic N) is 1. The van der Waals surface area contributed by atoms with Gasteiger partial charge in [0.25, 0.3) is 0 Å². The highest BCUT2D eigenvalue weighted by molar-refractivity contribution is 6.08. The molecule has 0 amide bonds. The Kier molecular flexibility index (Phi) is 4.61. The molecule has 1 aromatic heterocycles. The van der Waals surface area contributed by atoms with Gasteiger partial charge in [0.2, 0.25) is 11.5 Å². The summed E-state index contributed by atoms with van der Waals surface area (Å²) in [5.74, 6) is 1.74. The molecule has 2 aromatic carbocycles. The maximum Gasteiger partial charge on any atom is 0.213 e. The van der Waals surface area contributed by atoms with Gasteiger partial charge in [-0.1, -0.05) is 30.3 Å². The van der Waals surface area contributed by atoms with Gasteiger partial charge in [0.05, 0.1) is 21.3 Å². The van der Waals surface area contributed by atoms with Crippen molar-refractivity contribution in [3.63, 3.8) is 0 Å². The molecule has 28 heavy (non-hydrogen) atoms. The molecule has 0 bridgehead atoms. The van der Waals surface area contributed by atoms with Crippen LogP contribution in [0.3, 0.4) is 0 Å². The number of methoxy groups -OCH3 is 3.